The molecule has 4 aromatic carbocycles. The fourth-order valence-corrected chi connectivity index (χ4v) is 14.8. The molecule has 30 heteroatoms. The standard InChI is InChI=1S/C22H24FN5O3.C21H21FN4O2.C21H23FN4O2.C20H18FN5O/c1-3-24-22(30)31-17-8-10-27(11-9-17)21(29)19-13-28-20(25-19)14(2)12-18(26-28)15-4-6-16(23)7-5-15;1-14-9-17(15-3-5-16(22)6-4-15)24-26-10-18(23-19(14)26)20(27)25-8-2-7-21(11-25)12-28-13-21;1-3-28-17-8-10-25(11-9-17)21(27)19-13-26-20(23-19)14(2)12-18(24-26)15-4-6-16(22)7-5-15;1-13-10-17(15-2-4-16(21)5-3-15)24-26-12-18(23-19(13)26)20(27)25-8-6-14(11-22)7-9-25/h4-7,12-13,17H,3,8-11H2,1-2H3,(H,24,30);3-6,9-10H,2,7-8,11-13H2,1H3;4-7,12-13,17H,3,8-11H2,1-2H3;2-5,10,12,14H,6-9H2,1H3. The van der Waals surface area contributed by atoms with Crippen molar-refractivity contribution in [3.8, 4) is 51.1 Å². The number of carbonyl (C=O) groups is 5. The predicted molar refractivity (Wildman–Crippen MR) is 415 cm³/mol. The van der Waals surface area contributed by atoms with E-state index >= 15 is 0 Å². The Kier molecular flexibility index (Phi) is 23.6. The number of aromatic nitrogens is 12. The van der Waals surface area contributed by atoms with E-state index in [0.717, 1.165) is 96.5 Å². The Morgan fingerprint density at radius 3 is 1.08 bits per heavy atom. The van der Waals surface area contributed by atoms with Crippen molar-refractivity contribution < 1.29 is 55.7 Å². The number of amides is 5. The Hall–Kier alpha value is -12.4. The summed E-state index contributed by atoms with van der Waals surface area (Å²) in [5.41, 5.74) is 13.7. The van der Waals surface area contributed by atoms with Crippen LogP contribution in [0.25, 0.3) is 67.6 Å². The van der Waals surface area contributed by atoms with Crippen LogP contribution in [0.5, 0.6) is 0 Å². The molecule has 5 aliphatic heterocycles. The number of piperidine rings is 4. The zero-order valence-electron chi connectivity index (χ0n) is 64.1. The third kappa shape index (κ3) is 17.8. The number of hydrogen-bond acceptors (Lipinski definition) is 17. The molecular weight excluding hydrogens is 1470 g/mol. The smallest absolute Gasteiger partial charge is 0.407 e. The maximum absolute atomic E-state index is 13.2. The molecule has 0 unspecified atom stereocenters. The number of hydrogen-bond donors (Lipinski definition) is 1. The van der Waals surface area contributed by atoms with Gasteiger partial charge in [-0.15, -0.1) is 0 Å². The van der Waals surface area contributed by atoms with E-state index in [1.165, 1.54) is 48.5 Å². The topological polar surface area (TPSA) is 283 Å². The molecule has 0 aliphatic carbocycles. The number of carbonyl (C=O) groups excluding carboxylic acids is 5. The van der Waals surface area contributed by atoms with Crippen LogP contribution in [-0.2, 0) is 14.2 Å². The van der Waals surface area contributed by atoms with Crippen LogP contribution >= 0.6 is 0 Å². The van der Waals surface area contributed by atoms with Gasteiger partial charge in [-0.25, -0.2) is 60.4 Å². The minimum atomic E-state index is -0.425. The van der Waals surface area contributed by atoms with Crippen molar-refractivity contribution in [3.05, 3.63) is 214 Å². The second kappa shape index (κ2) is 34.3. The van der Waals surface area contributed by atoms with E-state index in [-0.39, 0.29) is 70.4 Å². The molecule has 5 saturated heterocycles. The molecule has 13 heterocycles. The van der Waals surface area contributed by atoms with Crippen molar-refractivity contribution in [2.24, 2.45) is 11.3 Å². The minimum Gasteiger partial charge on any atom is -0.446 e. The number of ether oxygens (including phenoxy) is 3. The van der Waals surface area contributed by atoms with Gasteiger partial charge in [-0.1, -0.05) is 0 Å². The van der Waals surface area contributed by atoms with E-state index in [0.29, 0.717) is 146 Å². The summed E-state index contributed by atoms with van der Waals surface area (Å²) >= 11 is 0. The van der Waals surface area contributed by atoms with Crippen molar-refractivity contribution >= 4 is 52.3 Å². The van der Waals surface area contributed by atoms with E-state index < -0.39 is 6.09 Å². The molecule has 114 heavy (non-hydrogen) atoms. The van der Waals surface area contributed by atoms with Gasteiger partial charge < -0.3 is 39.1 Å². The number of halogens is 4. The van der Waals surface area contributed by atoms with Gasteiger partial charge in [-0.05, 0) is 224 Å². The molecule has 17 rings (SSSR count). The molecule has 26 nitrogen and oxygen atoms in total. The van der Waals surface area contributed by atoms with E-state index in [9.17, 15) is 41.5 Å². The third-order valence-corrected chi connectivity index (χ3v) is 21.1. The number of rotatable bonds is 12. The molecule has 1 spiro atoms. The average Bonchev–Trinajstić information content (AvgIpc) is 0.941. The van der Waals surface area contributed by atoms with E-state index in [4.69, 9.17) is 19.5 Å². The summed E-state index contributed by atoms with van der Waals surface area (Å²) in [5, 5.41) is 29.8. The zero-order chi connectivity index (χ0) is 79.9. The van der Waals surface area contributed by atoms with Gasteiger partial charge in [0.2, 0.25) is 0 Å². The first-order valence-electron chi connectivity index (χ1n) is 38.3. The summed E-state index contributed by atoms with van der Waals surface area (Å²) in [6, 6.07) is 34.5. The highest BCUT2D eigenvalue weighted by atomic mass is 19.1. The number of likely N-dealkylation sites (tertiary alicyclic amines) is 4. The number of nitrogens with zero attached hydrogens (tertiary/aromatic N) is 17. The van der Waals surface area contributed by atoms with Gasteiger partial charge in [-0.2, -0.15) is 25.7 Å². The van der Waals surface area contributed by atoms with Gasteiger partial charge >= 0.3 is 6.09 Å². The predicted octanol–water partition coefficient (Wildman–Crippen LogP) is 13.0. The molecule has 588 valence electrons. The molecule has 0 bridgehead atoms. The molecule has 12 aromatic rings. The molecule has 5 amide bonds. The van der Waals surface area contributed by atoms with Crippen LogP contribution in [-0.4, -0.2) is 199 Å². The Morgan fingerprint density at radius 1 is 0.465 bits per heavy atom. The second-order valence-corrected chi connectivity index (χ2v) is 29.3. The Balaban J connectivity index is 0.000000126. The van der Waals surface area contributed by atoms with E-state index in [1.54, 1.807) is 101 Å². The summed E-state index contributed by atoms with van der Waals surface area (Å²) in [7, 11) is 0. The second-order valence-electron chi connectivity index (χ2n) is 29.3. The van der Waals surface area contributed by atoms with Crippen molar-refractivity contribution in [2.45, 2.75) is 105 Å². The van der Waals surface area contributed by atoms with Crippen LogP contribution in [0.3, 0.4) is 0 Å². The minimum absolute atomic E-state index is 0.0253. The van der Waals surface area contributed by atoms with Gasteiger partial charge in [0.1, 0.15) is 52.1 Å². The number of imidazole rings is 4. The molecule has 0 radical (unpaired) electrons. The Bertz CT molecular complexity index is 5560. The quantitative estimate of drug-likeness (QED) is 0.111. The zero-order valence-corrected chi connectivity index (χ0v) is 64.1. The number of nitriles is 1. The van der Waals surface area contributed by atoms with Crippen molar-refractivity contribution in [1.82, 2.24) is 83.3 Å². The lowest BCUT2D eigenvalue weighted by Crippen LogP contribution is -2.55. The van der Waals surface area contributed by atoms with Gasteiger partial charge in [0.25, 0.3) is 23.6 Å². The highest BCUT2D eigenvalue weighted by Gasteiger charge is 2.44. The molecule has 5 fully saturated rings. The lowest BCUT2D eigenvalue weighted by Gasteiger charge is -2.48. The van der Waals surface area contributed by atoms with Gasteiger partial charge in [0.05, 0.1) is 73.0 Å². The molecule has 0 saturated carbocycles. The maximum Gasteiger partial charge on any atom is 0.407 e. The summed E-state index contributed by atoms with van der Waals surface area (Å²) < 4.78 is 75.6. The lowest BCUT2D eigenvalue weighted by atomic mass is 9.78. The Morgan fingerprint density at radius 2 is 0.781 bits per heavy atom. The van der Waals surface area contributed by atoms with Gasteiger partial charge in [-0.3, -0.25) is 19.2 Å². The van der Waals surface area contributed by atoms with Crippen LogP contribution in [0.15, 0.2) is 146 Å². The first kappa shape index (κ1) is 78.3. The summed E-state index contributed by atoms with van der Waals surface area (Å²) in [6.07, 6.45) is 12.6. The highest BCUT2D eigenvalue weighted by Crippen LogP contribution is 2.38. The van der Waals surface area contributed by atoms with Crippen LogP contribution in [0.4, 0.5) is 22.4 Å². The van der Waals surface area contributed by atoms with Crippen molar-refractivity contribution in [2.75, 3.05) is 78.7 Å². The average molecular weight is 1550 g/mol. The SMILES string of the molecule is CCNC(=O)OC1CCN(C(=O)c2cn3nc(-c4ccc(F)cc4)cc(C)c3n2)CC1.CCOC1CCN(C(=O)c2cn3nc(-c4ccc(F)cc4)cc(C)c3n2)CC1.Cc1cc(-c2ccc(F)cc2)nn2cc(C(=O)N3CCC(C#N)CC3)nc12.Cc1cc(-c2ccc(F)cc2)nn2cc(C(=O)N3CCCC4(COC4)C3)nc12. The lowest BCUT2D eigenvalue weighted by molar-refractivity contribution is -0.138. The first-order valence-corrected chi connectivity index (χ1v) is 38.3. The number of aryl methyl sites for hydroxylation is 4. The van der Waals surface area contributed by atoms with Crippen molar-refractivity contribution in [1.29, 1.82) is 5.26 Å². The molecular formula is C84H86F4N18O8. The highest BCUT2D eigenvalue weighted by molar-refractivity contribution is 5.95. The largest absolute Gasteiger partial charge is 0.446 e. The molecule has 5 aliphatic rings. The van der Waals surface area contributed by atoms with Crippen LogP contribution in [0, 0.1) is 73.6 Å². The van der Waals surface area contributed by atoms with Crippen LogP contribution in [0.2, 0.25) is 0 Å². The first-order chi connectivity index (χ1) is 55.1. The molecule has 8 aromatic heterocycles. The maximum atomic E-state index is 13.2. The van der Waals surface area contributed by atoms with Crippen LogP contribution < -0.4 is 5.32 Å². The summed E-state index contributed by atoms with van der Waals surface area (Å²) in [5.74, 6) is -1.60. The third-order valence-electron chi connectivity index (χ3n) is 21.1. The fraction of sp³-hybridized carbons (Fsp3) is 0.357. The molecule has 0 atom stereocenters. The van der Waals surface area contributed by atoms with Crippen molar-refractivity contribution in [3.63, 3.8) is 0 Å². The fourth-order valence-electron chi connectivity index (χ4n) is 14.8. The van der Waals surface area contributed by atoms with E-state index in [1.807, 2.05) is 75.6 Å². The number of alkyl carbamates (subject to hydrolysis) is 1. The normalized spacial score (nSPS) is 15.8. The van der Waals surface area contributed by atoms with Gasteiger partial charge in [0.15, 0.2) is 22.6 Å². The van der Waals surface area contributed by atoms with Crippen LogP contribution in [0.1, 0.15) is 129 Å². The monoisotopic (exact) mass is 1550 g/mol. The summed E-state index contributed by atoms with van der Waals surface area (Å²) in [6.45, 7) is 19.1. The number of nitrogens with one attached hydrogen (secondary N) is 1. The number of fused-ring (bicyclic) bond motifs is 4. The number of benzene rings is 4. The Labute approximate surface area is 654 Å². The summed E-state index contributed by atoms with van der Waals surface area (Å²) in [4.78, 5) is 88.4. The van der Waals surface area contributed by atoms with Gasteiger partial charge in [0, 0.05) is 112 Å². The van der Waals surface area contributed by atoms with E-state index in [2.05, 4.69) is 51.7 Å². The molecule has 1 N–H and O–H groups in total.